The summed E-state index contributed by atoms with van der Waals surface area (Å²) in [6.45, 7) is 3.68. The Balaban J connectivity index is 1.84. The van der Waals surface area contributed by atoms with Crippen molar-refractivity contribution >= 4 is 11.6 Å². The molecule has 3 aromatic rings. The van der Waals surface area contributed by atoms with Gasteiger partial charge >= 0.3 is 0 Å². The van der Waals surface area contributed by atoms with E-state index >= 15 is 0 Å². The third-order valence-corrected chi connectivity index (χ3v) is 4.08. The molecule has 0 saturated heterocycles. The number of nitriles is 1. The number of hydrogen-bond donors (Lipinski definition) is 1. The van der Waals surface area contributed by atoms with Gasteiger partial charge in [0.25, 0.3) is 5.91 Å². The van der Waals surface area contributed by atoms with E-state index in [0.29, 0.717) is 28.3 Å². The number of hydrogen-bond acceptors (Lipinski definition) is 5. The molecule has 0 unspecified atom stereocenters. The molecule has 28 heavy (non-hydrogen) atoms. The van der Waals surface area contributed by atoms with Crippen LogP contribution in [0.5, 0.6) is 17.4 Å². The average molecular weight is 373 g/mol. The molecule has 0 bridgehead atoms. The Hall–Kier alpha value is -3.85. The maximum atomic E-state index is 12.6. The molecule has 0 spiro atoms. The van der Waals surface area contributed by atoms with Crippen LogP contribution in [0, 0.1) is 25.2 Å². The highest BCUT2D eigenvalue weighted by atomic mass is 16.5. The minimum atomic E-state index is -0.295. The summed E-state index contributed by atoms with van der Waals surface area (Å²) in [6, 6.07) is 17.8. The van der Waals surface area contributed by atoms with Gasteiger partial charge in [-0.15, -0.1) is 0 Å². The molecule has 3 rings (SSSR count). The van der Waals surface area contributed by atoms with Crippen molar-refractivity contribution in [2.75, 3.05) is 12.4 Å². The molecular formula is C22H19N3O3. The number of nitrogens with one attached hydrogen (secondary N) is 1. The van der Waals surface area contributed by atoms with Crippen molar-refractivity contribution in [2.45, 2.75) is 13.8 Å². The smallest absolute Gasteiger partial charge is 0.259 e. The Morgan fingerprint density at radius 3 is 2.64 bits per heavy atom. The molecule has 0 radical (unpaired) electrons. The number of amides is 1. The van der Waals surface area contributed by atoms with E-state index in [0.717, 1.165) is 11.3 Å². The number of nitrogens with zero attached hydrogens (tertiary/aromatic N) is 2. The first-order valence-electron chi connectivity index (χ1n) is 8.62. The van der Waals surface area contributed by atoms with Gasteiger partial charge in [-0.25, -0.2) is 4.98 Å². The summed E-state index contributed by atoms with van der Waals surface area (Å²) in [7, 11) is 1.52. The molecule has 0 fully saturated rings. The van der Waals surface area contributed by atoms with Crippen LogP contribution >= 0.6 is 0 Å². The first-order chi connectivity index (χ1) is 13.5. The number of ether oxygens (including phenoxy) is 2. The van der Waals surface area contributed by atoms with E-state index < -0.39 is 0 Å². The van der Waals surface area contributed by atoms with Gasteiger partial charge in [-0.05, 0) is 49.7 Å². The van der Waals surface area contributed by atoms with E-state index in [4.69, 9.17) is 9.47 Å². The van der Waals surface area contributed by atoms with Gasteiger partial charge < -0.3 is 14.8 Å². The summed E-state index contributed by atoms with van der Waals surface area (Å²) in [4.78, 5) is 16.9. The van der Waals surface area contributed by atoms with Gasteiger partial charge in [0.2, 0.25) is 5.88 Å². The maximum absolute atomic E-state index is 12.6. The Bertz CT molecular complexity index is 1070. The normalized spacial score (nSPS) is 10.1. The van der Waals surface area contributed by atoms with Crippen LogP contribution in [0.15, 0.2) is 54.6 Å². The van der Waals surface area contributed by atoms with Gasteiger partial charge in [-0.3, -0.25) is 4.79 Å². The largest absolute Gasteiger partial charge is 0.496 e. The molecular weight excluding hydrogens is 354 g/mol. The zero-order chi connectivity index (χ0) is 20.1. The predicted molar refractivity (Wildman–Crippen MR) is 106 cm³/mol. The van der Waals surface area contributed by atoms with Crippen molar-refractivity contribution in [1.82, 2.24) is 4.98 Å². The summed E-state index contributed by atoms with van der Waals surface area (Å²) < 4.78 is 11.1. The highest BCUT2D eigenvalue weighted by Gasteiger charge is 2.14. The number of rotatable bonds is 5. The minimum absolute atomic E-state index is 0.244. The Labute approximate surface area is 163 Å². The number of pyridine rings is 1. The lowest BCUT2D eigenvalue weighted by Gasteiger charge is -2.12. The third kappa shape index (κ3) is 4.10. The third-order valence-electron chi connectivity index (χ3n) is 4.08. The number of carbonyl (C=O) groups is 1. The molecule has 0 aliphatic heterocycles. The molecule has 2 aromatic carbocycles. The monoisotopic (exact) mass is 373 g/mol. The van der Waals surface area contributed by atoms with E-state index in [1.165, 1.54) is 7.11 Å². The number of aryl methyl sites for hydroxylation is 2. The molecule has 1 amide bonds. The second-order valence-electron chi connectivity index (χ2n) is 6.16. The van der Waals surface area contributed by atoms with Crippen LogP contribution in [0.2, 0.25) is 0 Å². The highest BCUT2D eigenvalue weighted by Crippen LogP contribution is 2.28. The van der Waals surface area contributed by atoms with E-state index in [-0.39, 0.29) is 11.8 Å². The lowest BCUT2D eigenvalue weighted by Crippen LogP contribution is -2.13. The molecule has 140 valence electrons. The number of benzene rings is 2. The van der Waals surface area contributed by atoms with Gasteiger partial charge in [0.1, 0.15) is 23.1 Å². The van der Waals surface area contributed by atoms with E-state index in [9.17, 15) is 10.1 Å². The molecule has 0 aliphatic carbocycles. The van der Waals surface area contributed by atoms with Crippen LogP contribution in [0.1, 0.15) is 27.2 Å². The summed E-state index contributed by atoms with van der Waals surface area (Å²) in [5.41, 5.74) is 2.92. The second-order valence-corrected chi connectivity index (χ2v) is 6.16. The summed E-state index contributed by atoms with van der Waals surface area (Å²) in [5.74, 6) is 0.905. The van der Waals surface area contributed by atoms with Crippen LogP contribution in [0.25, 0.3) is 0 Å². The molecule has 1 N–H and O–H groups in total. The minimum Gasteiger partial charge on any atom is -0.496 e. The van der Waals surface area contributed by atoms with Crippen LogP contribution in [0.3, 0.4) is 0 Å². The number of anilines is 1. The first-order valence-corrected chi connectivity index (χ1v) is 8.62. The first kappa shape index (κ1) is 18.9. The Morgan fingerprint density at radius 1 is 1.11 bits per heavy atom. The fourth-order valence-electron chi connectivity index (χ4n) is 2.79. The van der Waals surface area contributed by atoms with Crippen molar-refractivity contribution in [3.63, 3.8) is 0 Å². The summed E-state index contributed by atoms with van der Waals surface area (Å²) in [5, 5.41) is 12.2. The van der Waals surface area contributed by atoms with E-state index in [1.54, 1.807) is 48.5 Å². The van der Waals surface area contributed by atoms with Crippen molar-refractivity contribution in [2.24, 2.45) is 0 Å². The molecule has 0 saturated carbocycles. The van der Waals surface area contributed by atoms with Crippen molar-refractivity contribution < 1.29 is 14.3 Å². The number of methoxy groups -OCH3 is 1. The van der Waals surface area contributed by atoms with E-state index in [1.807, 2.05) is 19.9 Å². The SMILES string of the molecule is COc1ccccc1C(=O)Nc1cccc(Oc2nc(C)cc(C)c2C#N)c1. The zero-order valence-corrected chi connectivity index (χ0v) is 15.8. The lowest BCUT2D eigenvalue weighted by atomic mass is 10.1. The van der Waals surface area contributed by atoms with Gasteiger partial charge in [-0.2, -0.15) is 5.26 Å². The molecule has 6 heteroatoms. The predicted octanol–water partition coefficient (Wildman–Crippen LogP) is 4.62. The second kappa shape index (κ2) is 8.23. The molecule has 6 nitrogen and oxygen atoms in total. The van der Waals surface area contributed by atoms with Crippen molar-refractivity contribution in [3.05, 3.63) is 77.0 Å². The maximum Gasteiger partial charge on any atom is 0.259 e. The van der Waals surface area contributed by atoms with Crippen LogP contribution < -0.4 is 14.8 Å². The lowest BCUT2D eigenvalue weighted by molar-refractivity contribution is 0.102. The van der Waals surface area contributed by atoms with Gasteiger partial charge in [0.15, 0.2) is 0 Å². The average Bonchev–Trinajstić information content (AvgIpc) is 2.68. The molecule has 1 heterocycles. The fraction of sp³-hybridized carbons (Fsp3) is 0.136. The topological polar surface area (TPSA) is 84.2 Å². The Morgan fingerprint density at radius 2 is 1.89 bits per heavy atom. The zero-order valence-electron chi connectivity index (χ0n) is 15.8. The van der Waals surface area contributed by atoms with Crippen LogP contribution in [0.4, 0.5) is 5.69 Å². The fourth-order valence-corrected chi connectivity index (χ4v) is 2.79. The van der Waals surface area contributed by atoms with Gasteiger partial charge in [-0.1, -0.05) is 18.2 Å². The highest BCUT2D eigenvalue weighted by molar-refractivity contribution is 6.06. The van der Waals surface area contributed by atoms with E-state index in [2.05, 4.69) is 16.4 Å². The van der Waals surface area contributed by atoms with Crippen molar-refractivity contribution in [3.8, 4) is 23.4 Å². The van der Waals surface area contributed by atoms with Gasteiger partial charge in [0, 0.05) is 17.4 Å². The number of aromatic nitrogens is 1. The summed E-state index contributed by atoms with van der Waals surface area (Å²) >= 11 is 0. The number of carbonyl (C=O) groups excluding carboxylic acids is 1. The number of para-hydroxylation sites is 1. The van der Waals surface area contributed by atoms with Crippen LogP contribution in [-0.2, 0) is 0 Å². The standard InChI is InChI=1S/C22H19N3O3/c1-14-11-15(2)24-22(19(14)13-23)28-17-8-6-7-16(12-17)25-21(26)18-9-4-5-10-20(18)27-3/h4-12H,1-3H3,(H,25,26). The van der Waals surface area contributed by atoms with Crippen molar-refractivity contribution in [1.29, 1.82) is 5.26 Å². The molecule has 0 atom stereocenters. The summed E-state index contributed by atoms with van der Waals surface area (Å²) in [6.07, 6.45) is 0. The quantitative estimate of drug-likeness (QED) is 0.705. The Kier molecular flexibility index (Phi) is 5.56. The molecule has 1 aromatic heterocycles. The van der Waals surface area contributed by atoms with Gasteiger partial charge in [0.05, 0.1) is 12.7 Å². The van der Waals surface area contributed by atoms with Crippen LogP contribution in [-0.4, -0.2) is 18.0 Å². The molecule has 0 aliphatic rings.